The van der Waals surface area contributed by atoms with Gasteiger partial charge in [-0.2, -0.15) is 9.97 Å². The molecule has 3 rings (SSSR count). The van der Waals surface area contributed by atoms with Crippen LogP contribution in [0.2, 0.25) is 5.28 Å². The van der Waals surface area contributed by atoms with Gasteiger partial charge in [-0.1, -0.05) is 0 Å². The van der Waals surface area contributed by atoms with Crippen molar-refractivity contribution in [3.05, 3.63) is 11.6 Å². The molecule has 0 spiro atoms. The average Bonchev–Trinajstić information content (AvgIpc) is 2.87. The Labute approximate surface area is 124 Å². The summed E-state index contributed by atoms with van der Waals surface area (Å²) >= 11 is 5.86. The standard InChI is InChI=1S/C11H14ClN5O4/c1-13-8-5-9(16-11(12)15-8)17(3-14-5)10-7(20)6(19)4(18)2-21-10/h3-4,6-7,10,18-20H,2H2,1H3,(H,13,15,16). The topological polar surface area (TPSA) is 126 Å². The Morgan fingerprint density at radius 3 is 2.81 bits per heavy atom. The maximum absolute atomic E-state index is 10.1. The van der Waals surface area contributed by atoms with E-state index in [1.165, 1.54) is 10.9 Å². The van der Waals surface area contributed by atoms with E-state index in [0.29, 0.717) is 17.0 Å². The molecule has 9 nitrogen and oxygen atoms in total. The fourth-order valence-electron chi connectivity index (χ4n) is 2.29. The minimum absolute atomic E-state index is 0.0134. The van der Waals surface area contributed by atoms with E-state index in [4.69, 9.17) is 16.3 Å². The fourth-order valence-corrected chi connectivity index (χ4v) is 2.45. The van der Waals surface area contributed by atoms with Crippen LogP contribution in [-0.2, 0) is 4.74 Å². The average molecular weight is 316 g/mol. The fraction of sp³-hybridized carbons (Fsp3) is 0.545. The van der Waals surface area contributed by atoms with E-state index >= 15 is 0 Å². The van der Waals surface area contributed by atoms with Gasteiger partial charge in [-0.15, -0.1) is 0 Å². The Bertz CT molecular complexity index is 665. The lowest BCUT2D eigenvalue weighted by Crippen LogP contribution is -2.50. The number of aliphatic hydroxyl groups excluding tert-OH is 3. The summed E-state index contributed by atoms with van der Waals surface area (Å²) in [6.45, 7) is -0.111. The summed E-state index contributed by atoms with van der Waals surface area (Å²) in [7, 11) is 1.67. The van der Waals surface area contributed by atoms with Crippen LogP contribution in [0.25, 0.3) is 11.2 Å². The minimum atomic E-state index is -1.32. The van der Waals surface area contributed by atoms with E-state index in [1.807, 2.05) is 0 Å². The molecule has 3 heterocycles. The highest BCUT2D eigenvalue weighted by molar-refractivity contribution is 6.28. The van der Waals surface area contributed by atoms with Crippen LogP contribution in [0.4, 0.5) is 5.82 Å². The molecule has 1 saturated heterocycles. The number of ether oxygens (including phenoxy) is 1. The van der Waals surface area contributed by atoms with Crippen LogP contribution < -0.4 is 5.32 Å². The molecule has 2 aromatic heterocycles. The first-order chi connectivity index (χ1) is 10.0. The Kier molecular flexibility index (Phi) is 3.68. The van der Waals surface area contributed by atoms with Crippen LogP contribution in [0.15, 0.2) is 6.33 Å². The van der Waals surface area contributed by atoms with Gasteiger partial charge in [-0.25, -0.2) is 4.98 Å². The highest BCUT2D eigenvalue weighted by Gasteiger charge is 2.39. The Hall–Kier alpha value is -1.52. The summed E-state index contributed by atoms with van der Waals surface area (Å²) < 4.78 is 6.83. The van der Waals surface area contributed by atoms with E-state index in [9.17, 15) is 15.3 Å². The molecule has 1 aliphatic rings. The number of hydrogen-bond acceptors (Lipinski definition) is 8. The zero-order valence-electron chi connectivity index (χ0n) is 11.0. The summed E-state index contributed by atoms with van der Waals surface area (Å²) in [6.07, 6.45) is -3.30. The Morgan fingerprint density at radius 2 is 2.10 bits per heavy atom. The first-order valence-corrected chi connectivity index (χ1v) is 6.64. The monoisotopic (exact) mass is 315 g/mol. The third kappa shape index (κ3) is 2.32. The molecule has 4 unspecified atom stereocenters. The van der Waals surface area contributed by atoms with Gasteiger partial charge < -0.3 is 25.4 Å². The number of halogens is 1. The predicted molar refractivity (Wildman–Crippen MR) is 72.9 cm³/mol. The molecule has 0 aliphatic carbocycles. The molecule has 0 bridgehead atoms. The summed E-state index contributed by atoms with van der Waals surface area (Å²) in [6, 6.07) is 0. The third-order valence-electron chi connectivity index (χ3n) is 3.38. The number of nitrogens with one attached hydrogen (secondary N) is 1. The quantitative estimate of drug-likeness (QED) is 0.527. The molecule has 21 heavy (non-hydrogen) atoms. The Balaban J connectivity index is 2.07. The van der Waals surface area contributed by atoms with Crippen molar-refractivity contribution >= 4 is 28.6 Å². The van der Waals surface area contributed by atoms with Gasteiger partial charge in [0, 0.05) is 7.05 Å². The number of fused-ring (bicyclic) bond motifs is 1. The highest BCUT2D eigenvalue weighted by Crippen LogP contribution is 2.29. The van der Waals surface area contributed by atoms with Gasteiger partial charge >= 0.3 is 0 Å². The van der Waals surface area contributed by atoms with E-state index < -0.39 is 24.5 Å². The number of rotatable bonds is 2. The molecule has 4 N–H and O–H groups in total. The van der Waals surface area contributed by atoms with Crippen LogP contribution >= 0.6 is 11.6 Å². The van der Waals surface area contributed by atoms with Crippen LogP contribution in [0.1, 0.15) is 6.23 Å². The maximum Gasteiger partial charge on any atom is 0.226 e. The predicted octanol–water partition coefficient (Wildman–Crippen LogP) is -0.867. The number of aliphatic hydroxyl groups is 3. The van der Waals surface area contributed by atoms with E-state index in [1.54, 1.807) is 7.05 Å². The van der Waals surface area contributed by atoms with Gasteiger partial charge in [0.15, 0.2) is 23.2 Å². The largest absolute Gasteiger partial charge is 0.388 e. The molecule has 10 heteroatoms. The van der Waals surface area contributed by atoms with Gasteiger partial charge in [0.05, 0.1) is 12.9 Å². The SMILES string of the molecule is CNc1nc(Cl)nc2c1ncn2C1OCC(O)C(O)C1O. The summed E-state index contributed by atoms with van der Waals surface area (Å²) in [5.74, 6) is 0.439. The molecule has 0 aromatic carbocycles. The van der Waals surface area contributed by atoms with Crippen LogP contribution in [0.3, 0.4) is 0 Å². The molecule has 2 aromatic rings. The summed E-state index contributed by atoms with van der Waals surface area (Å²) in [5, 5.41) is 32.2. The van der Waals surface area contributed by atoms with Crippen LogP contribution in [0.5, 0.6) is 0 Å². The number of anilines is 1. The second-order valence-corrected chi connectivity index (χ2v) is 5.03. The Morgan fingerprint density at radius 1 is 1.33 bits per heavy atom. The second-order valence-electron chi connectivity index (χ2n) is 4.69. The number of hydrogen-bond donors (Lipinski definition) is 4. The zero-order chi connectivity index (χ0) is 15.1. The van der Waals surface area contributed by atoms with Gasteiger partial charge in [-0.05, 0) is 11.6 Å². The van der Waals surface area contributed by atoms with Gasteiger partial charge in [0.1, 0.15) is 18.3 Å². The van der Waals surface area contributed by atoms with Crippen LogP contribution in [-0.4, -0.2) is 66.8 Å². The number of imidazole rings is 1. The molecule has 0 amide bonds. The normalized spacial score (nSPS) is 29.8. The van der Waals surface area contributed by atoms with Gasteiger partial charge in [0.25, 0.3) is 0 Å². The van der Waals surface area contributed by atoms with E-state index in [0.717, 1.165) is 0 Å². The smallest absolute Gasteiger partial charge is 0.226 e. The summed E-state index contributed by atoms with van der Waals surface area (Å²) in [4.78, 5) is 12.2. The molecule has 114 valence electrons. The first kappa shape index (κ1) is 14.4. The zero-order valence-corrected chi connectivity index (χ0v) is 11.8. The van der Waals surface area contributed by atoms with Gasteiger partial charge in [-0.3, -0.25) is 4.57 Å². The molecule has 1 fully saturated rings. The van der Waals surface area contributed by atoms with Crippen molar-refractivity contribution in [3.63, 3.8) is 0 Å². The molecular weight excluding hydrogens is 302 g/mol. The second kappa shape index (κ2) is 5.35. The van der Waals surface area contributed by atoms with Crippen molar-refractivity contribution in [1.29, 1.82) is 0 Å². The minimum Gasteiger partial charge on any atom is -0.388 e. The molecule has 1 aliphatic heterocycles. The maximum atomic E-state index is 10.1. The van der Waals surface area contributed by atoms with Crippen molar-refractivity contribution in [2.75, 3.05) is 19.0 Å². The van der Waals surface area contributed by atoms with Crippen molar-refractivity contribution in [3.8, 4) is 0 Å². The lowest BCUT2D eigenvalue weighted by atomic mass is 10.0. The number of aromatic nitrogens is 4. The molecular formula is C11H14ClN5O4. The first-order valence-electron chi connectivity index (χ1n) is 6.26. The van der Waals surface area contributed by atoms with Crippen molar-refractivity contribution in [2.45, 2.75) is 24.5 Å². The van der Waals surface area contributed by atoms with Crippen molar-refractivity contribution in [2.24, 2.45) is 0 Å². The highest BCUT2D eigenvalue weighted by atomic mass is 35.5. The van der Waals surface area contributed by atoms with Crippen LogP contribution in [0, 0.1) is 0 Å². The lowest BCUT2D eigenvalue weighted by Gasteiger charge is -2.35. The summed E-state index contributed by atoms with van der Waals surface area (Å²) in [5.41, 5.74) is 0.810. The van der Waals surface area contributed by atoms with Crippen molar-refractivity contribution in [1.82, 2.24) is 19.5 Å². The lowest BCUT2D eigenvalue weighted by molar-refractivity contribution is -0.210. The number of nitrogens with zero attached hydrogens (tertiary/aromatic N) is 4. The third-order valence-corrected chi connectivity index (χ3v) is 3.55. The molecule has 0 radical (unpaired) electrons. The van der Waals surface area contributed by atoms with E-state index in [2.05, 4.69) is 20.3 Å². The van der Waals surface area contributed by atoms with E-state index in [-0.39, 0.29) is 11.9 Å². The van der Waals surface area contributed by atoms with Gasteiger partial charge in [0.2, 0.25) is 5.28 Å². The molecule has 4 atom stereocenters. The van der Waals surface area contributed by atoms with Crippen molar-refractivity contribution < 1.29 is 20.1 Å². The molecule has 0 saturated carbocycles.